The Morgan fingerprint density at radius 3 is 2.77 bits per heavy atom. The molecule has 0 aliphatic heterocycles. The Kier molecular flexibility index (Phi) is 3.26. The van der Waals surface area contributed by atoms with Crippen LogP contribution in [-0.2, 0) is 6.42 Å². The summed E-state index contributed by atoms with van der Waals surface area (Å²) >= 11 is 0. The van der Waals surface area contributed by atoms with E-state index in [-0.39, 0.29) is 0 Å². The van der Waals surface area contributed by atoms with E-state index < -0.39 is 0 Å². The second kappa shape index (κ2) is 4.45. The number of hydrogen-bond donors (Lipinski definition) is 0. The quantitative estimate of drug-likeness (QED) is 0.657. The van der Waals surface area contributed by atoms with Crippen LogP contribution < -0.4 is 0 Å². The van der Waals surface area contributed by atoms with E-state index in [9.17, 15) is 0 Å². The molecule has 1 aromatic heterocycles. The molecule has 1 aromatic rings. The Morgan fingerprint density at radius 2 is 2.31 bits per heavy atom. The third-order valence-corrected chi connectivity index (χ3v) is 1.88. The minimum absolute atomic E-state index is 0.675. The molecule has 0 saturated carbocycles. The largest absolute Gasteiger partial charge is 0.449 e. The van der Waals surface area contributed by atoms with Crippen molar-refractivity contribution >= 4 is 0 Å². The minimum atomic E-state index is 0.675. The fraction of sp³-hybridized carbons (Fsp3) is 0.182. The van der Waals surface area contributed by atoms with E-state index in [0.717, 1.165) is 11.1 Å². The van der Waals surface area contributed by atoms with Gasteiger partial charge in [0, 0.05) is 6.42 Å². The molecule has 1 rings (SSSR count). The first-order valence-corrected chi connectivity index (χ1v) is 4.11. The van der Waals surface area contributed by atoms with E-state index >= 15 is 0 Å². The Labute approximate surface area is 78.3 Å². The molecule has 0 saturated heterocycles. The summed E-state index contributed by atoms with van der Waals surface area (Å²) in [5, 5.41) is 0. The molecule has 0 fully saturated rings. The van der Waals surface area contributed by atoms with Crippen LogP contribution in [0.25, 0.3) is 0 Å². The Balaban J connectivity index is 2.82. The van der Waals surface area contributed by atoms with Crippen LogP contribution >= 0.6 is 0 Å². The number of allylic oxidation sites excluding steroid dienone is 4. The van der Waals surface area contributed by atoms with Gasteiger partial charge >= 0.3 is 0 Å². The average molecular weight is 175 g/mol. The highest BCUT2D eigenvalue weighted by Crippen LogP contribution is 2.12. The van der Waals surface area contributed by atoms with E-state index in [2.05, 4.69) is 18.1 Å². The van der Waals surface area contributed by atoms with Gasteiger partial charge in [-0.3, -0.25) is 0 Å². The molecule has 2 nitrogen and oxygen atoms in total. The highest BCUT2D eigenvalue weighted by atomic mass is 16.3. The number of hydrogen-bond acceptors (Lipinski definition) is 2. The molecule has 0 radical (unpaired) electrons. The molecule has 1 heterocycles. The molecule has 0 spiro atoms. The zero-order chi connectivity index (χ0) is 9.68. The maximum atomic E-state index is 5.13. The molecule has 0 unspecified atom stereocenters. The monoisotopic (exact) mass is 175 g/mol. The lowest BCUT2D eigenvalue weighted by atomic mass is 10.1. The van der Waals surface area contributed by atoms with Crippen molar-refractivity contribution in [3.63, 3.8) is 0 Å². The van der Waals surface area contributed by atoms with Crippen LogP contribution in [0.15, 0.2) is 53.3 Å². The highest BCUT2D eigenvalue weighted by molar-refractivity contribution is 5.31. The lowest BCUT2D eigenvalue weighted by Crippen LogP contribution is -1.90. The molecule has 68 valence electrons. The van der Waals surface area contributed by atoms with E-state index in [1.807, 2.05) is 6.92 Å². The summed E-state index contributed by atoms with van der Waals surface area (Å²) in [4.78, 5) is 4.04. The molecule has 0 bridgehead atoms. The number of aromatic nitrogens is 1. The van der Waals surface area contributed by atoms with E-state index in [4.69, 9.17) is 4.42 Å². The lowest BCUT2D eigenvalue weighted by Gasteiger charge is -2.00. The summed E-state index contributed by atoms with van der Waals surface area (Å²) in [6, 6.07) is 0. The highest BCUT2D eigenvalue weighted by Gasteiger charge is 2.01. The maximum Gasteiger partial charge on any atom is 0.198 e. The summed E-state index contributed by atoms with van der Waals surface area (Å²) in [5.41, 5.74) is 2.20. The molecule has 0 N–H and O–H groups in total. The van der Waals surface area contributed by atoms with Crippen LogP contribution in [0.2, 0.25) is 0 Å². The van der Waals surface area contributed by atoms with Crippen molar-refractivity contribution in [3.05, 3.63) is 54.8 Å². The van der Waals surface area contributed by atoms with Crippen LogP contribution in [0.1, 0.15) is 12.8 Å². The van der Waals surface area contributed by atoms with Crippen molar-refractivity contribution in [1.29, 1.82) is 0 Å². The molecule has 0 aliphatic carbocycles. The number of oxazole rings is 1. The van der Waals surface area contributed by atoms with Gasteiger partial charge in [0.2, 0.25) is 0 Å². The molecule has 0 atom stereocenters. The average Bonchev–Trinajstić information content (AvgIpc) is 2.65. The van der Waals surface area contributed by atoms with Crippen molar-refractivity contribution in [2.75, 3.05) is 0 Å². The van der Waals surface area contributed by atoms with Crippen LogP contribution in [0.3, 0.4) is 0 Å². The van der Waals surface area contributed by atoms with Gasteiger partial charge in [0.15, 0.2) is 5.89 Å². The zero-order valence-electron chi connectivity index (χ0n) is 7.79. The molecular formula is C11H13NO. The van der Waals surface area contributed by atoms with Crippen molar-refractivity contribution in [3.8, 4) is 0 Å². The van der Waals surface area contributed by atoms with Crippen molar-refractivity contribution in [2.24, 2.45) is 0 Å². The predicted molar refractivity (Wildman–Crippen MR) is 53.3 cm³/mol. The summed E-state index contributed by atoms with van der Waals surface area (Å²) in [6.07, 6.45) is 7.49. The van der Waals surface area contributed by atoms with E-state index in [0.29, 0.717) is 12.3 Å². The van der Waals surface area contributed by atoms with E-state index in [1.165, 1.54) is 0 Å². The van der Waals surface area contributed by atoms with Crippen LogP contribution in [-0.4, -0.2) is 4.98 Å². The molecule has 0 aliphatic rings. The SMILES string of the molecule is C=C/C(C)=C(\C=C)Cc1ncco1. The lowest BCUT2D eigenvalue weighted by molar-refractivity contribution is 0.506. The van der Waals surface area contributed by atoms with Crippen LogP contribution in [0.4, 0.5) is 0 Å². The Hall–Kier alpha value is -1.57. The van der Waals surface area contributed by atoms with Crippen molar-refractivity contribution in [1.82, 2.24) is 4.98 Å². The second-order valence-corrected chi connectivity index (χ2v) is 2.72. The molecule has 0 amide bonds. The fourth-order valence-corrected chi connectivity index (χ4v) is 1.01. The summed E-state index contributed by atoms with van der Waals surface area (Å²) in [6.45, 7) is 9.43. The van der Waals surface area contributed by atoms with Crippen LogP contribution in [0, 0.1) is 0 Å². The third kappa shape index (κ3) is 2.44. The van der Waals surface area contributed by atoms with Gasteiger partial charge in [-0.2, -0.15) is 0 Å². The van der Waals surface area contributed by atoms with Gasteiger partial charge in [-0.1, -0.05) is 25.3 Å². The topological polar surface area (TPSA) is 26.0 Å². The van der Waals surface area contributed by atoms with Gasteiger partial charge in [0.1, 0.15) is 6.26 Å². The van der Waals surface area contributed by atoms with E-state index in [1.54, 1.807) is 24.6 Å². The van der Waals surface area contributed by atoms with Gasteiger partial charge in [-0.05, 0) is 18.1 Å². The normalized spacial score (nSPS) is 12.1. The van der Waals surface area contributed by atoms with Gasteiger partial charge in [-0.25, -0.2) is 4.98 Å². The Morgan fingerprint density at radius 1 is 1.54 bits per heavy atom. The second-order valence-electron chi connectivity index (χ2n) is 2.72. The van der Waals surface area contributed by atoms with Gasteiger partial charge in [0.05, 0.1) is 6.20 Å². The van der Waals surface area contributed by atoms with Crippen molar-refractivity contribution in [2.45, 2.75) is 13.3 Å². The third-order valence-electron chi connectivity index (χ3n) is 1.88. The number of rotatable bonds is 4. The van der Waals surface area contributed by atoms with Crippen molar-refractivity contribution < 1.29 is 4.42 Å². The number of nitrogens with zero attached hydrogens (tertiary/aromatic N) is 1. The molecule has 2 heteroatoms. The van der Waals surface area contributed by atoms with Crippen LogP contribution in [0.5, 0.6) is 0 Å². The van der Waals surface area contributed by atoms with Gasteiger partial charge in [0.25, 0.3) is 0 Å². The summed E-state index contributed by atoms with van der Waals surface area (Å²) in [5.74, 6) is 0.705. The molecular weight excluding hydrogens is 162 g/mol. The molecule has 13 heavy (non-hydrogen) atoms. The predicted octanol–water partition coefficient (Wildman–Crippen LogP) is 2.91. The minimum Gasteiger partial charge on any atom is -0.449 e. The first-order chi connectivity index (χ1) is 6.27. The standard InChI is InChI=1S/C11H13NO/c1-4-9(3)10(5-2)8-11-12-6-7-13-11/h4-7H,1-2,8H2,3H3/b10-9+. The Bertz CT molecular complexity index is 320. The summed E-state index contributed by atoms with van der Waals surface area (Å²) in [7, 11) is 0. The molecule has 0 aromatic carbocycles. The first-order valence-electron chi connectivity index (χ1n) is 4.11. The maximum absolute atomic E-state index is 5.13. The first kappa shape index (κ1) is 9.52. The smallest absolute Gasteiger partial charge is 0.198 e. The van der Waals surface area contributed by atoms with Gasteiger partial charge in [-0.15, -0.1) is 0 Å². The summed E-state index contributed by atoms with van der Waals surface area (Å²) < 4.78 is 5.13. The van der Waals surface area contributed by atoms with Gasteiger partial charge < -0.3 is 4.42 Å². The zero-order valence-corrected chi connectivity index (χ0v) is 7.79. The fourth-order valence-electron chi connectivity index (χ4n) is 1.01.